The molecule has 4 heteroatoms. The Morgan fingerprint density at radius 2 is 2.08 bits per heavy atom. The van der Waals surface area contributed by atoms with Crippen LogP contribution in [0.4, 0.5) is 13.2 Å². The number of allylic oxidation sites excluding steroid dienone is 5. The zero-order valence-corrected chi connectivity index (χ0v) is 8.74. The van der Waals surface area contributed by atoms with Crippen LogP contribution in [0.2, 0.25) is 0 Å². The van der Waals surface area contributed by atoms with Gasteiger partial charge in [-0.25, -0.2) is 13.2 Å². The molecule has 0 unspecified atom stereocenters. The summed E-state index contributed by atoms with van der Waals surface area (Å²) in [5.74, 6) is -4.23. The first-order valence-corrected chi connectivity index (χ1v) is 4.70. The summed E-state index contributed by atoms with van der Waals surface area (Å²) in [7, 11) is 0. The Bertz CT molecular complexity index is 241. The van der Waals surface area contributed by atoms with Gasteiger partial charge in [0.1, 0.15) is 5.83 Å². The molecule has 0 radical (unpaired) electrons. The molecule has 0 aliphatic rings. The second kappa shape index (κ2) is 5.27. The predicted octanol–water partition coefficient (Wildman–Crippen LogP) is 4.00. The second-order valence-corrected chi connectivity index (χ2v) is 2.92. The van der Waals surface area contributed by atoms with Gasteiger partial charge in [-0.2, -0.15) is 0 Å². The summed E-state index contributed by atoms with van der Waals surface area (Å²) in [5, 5.41) is -0.629. The molecule has 0 nitrogen and oxygen atoms in total. The minimum Gasteiger partial charge on any atom is -0.206 e. The third-order valence-corrected chi connectivity index (χ3v) is 2.04. The lowest BCUT2D eigenvalue weighted by Gasteiger charge is -2.13. The van der Waals surface area contributed by atoms with Crippen LogP contribution < -0.4 is 0 Å². The van der Waals surface area contributed by atoms with Crippen LogP contribution in [-0.4, -0.2) is 11.3 Å². The van der Waals surface area contributed by atoms with Crippen LogP contribution in [0, 0.1) is 0 Å². The fraction of sp³-hybridized carbons (Fsp3) is 0.333. The van der Waals surface area contributed by atoms with Gasteiger partial charge in [-0.3, -0.25) is 0 Å². The monoisotopic (exact) mass is 254 g/mol. The van der Waals surface area contributed by atoms with E-state index < -0.39 is 22.7 Å². The van der Waals surface area contributed by atoms with E-state index in [1.807, 2.05) is 0 Å². The fourth-order valence-electron chi connectivity index (χ4n) is 0.537. The molecule has 0 rings (SSSR count). The van der Waals surface area contributed by atoms with Crippen LogP contribution >= 0.6 is 15.9 Å². The Hall–Kier alpha value is -0.510. The topological polar surface area (TPSA) is 0 Å². The minimum absolute atomic E-state index is 0.629. The van der Waals surface area contributed by atoms with Crippen molar-refractivity contribution in [1.82, 2.24) is 0 Å². The van der Waals surface area contributed by atoms with Crippen molar-refractivity contribution < 1.29 is 13.2 Å². The van der Waals surface area contributed by atoms with E-state index >= 15 is 0 Å². The average molecular weight is 255 g/mol. The fourth-order valence-corrected chi connectivity index (χ4v) is 0.875. The van der Waals surface area contributed by atoms with Gasteiger partial charge in [0.25, 0.3) is 5.92 Å². The van der Waals surface area contributed by atoms with Gasteiger partial charge in [0, 0.05) is 0 Å². The van der Waals surface area contributed by atoms with Crippen molar-refractivity contribution in [3.63, 3.8) is 0 Å². The minimum atomic E-state index is -3.23. The van der Waals surface area contributed by atoms with Crippen molar-refractivity contribution >= 4 is 15.9 Å². The first-order valence-electron chi connectivity index (χ1n) is 3.57. The number of halogens is 4. The van der Waals surface area contributed by atoms with Gasteiger partial charge < -0.3 is 0 Å². The van der Waals surface area contributed by atoms with Gasteiger partial charge in [0.15, 0.2) is 0 Å². The predicted molar refractivity (Wildman–Crippen MR) is 51.9 cm³/mol. The van der Waals surface area contributed by atoms with Crippen LogP contribution in [0.15, 0.2) is 36.2 Å². The molecule has 0 aliphatic heterocycles. The summed E-state index contributed by atoms with van der Waals surface area (Å²) in [6, 6.07) is 0. The van der Waals surface area contributed by atoms with Crippen LogP contribution in [-0.2, 0) is 0 Å². The summed E-state index contributed by atoms with van der Waals surface area (Å²) in [4.78, 5) is 0. The summed E-state index contributed by atoms with van der Waals surface area (Å²) in [6.07, 6.45) is 3.84. The first-order chi connectivity index (χ1) is 5.95. The number of rotatable bonds is 4. The molecule has 0 aromatic carbocycles. The maximum absolute atomic E-state index is 12.9. The smallest absolute Gasteiger partial charge is 0.206 e. The first kappa shape index (κ1) is 12.5. The van der Waals surface area contributed by atoms with E-state index in [-0.39, 0.29) is 0 Å². The standard InChI is InChI=1S/C9H10BrF3/c1-3-4-5-8(11)7(2)9(12,13)6-10/h3-5H,2,6H2,1H3/b4-3-,8-5+. The van der Waals surface area contributed by atoms with Crippen LogP contribution in [0.3, 0.4) is 0 Å². The number of alkyl halides is 3. The molecule has 0 fully saturated rings. The van der Waals surface area contributed by atoms with Gasteiger partial charge in [0.2, 0.25) is 0 Å². The highest BCUT2D eigenvalue weighted by Crippen LogP contribution is 2.30. The molecule has 0 aromatic rings. The largest absolute Gasteiger partial charge is 0.284 e. The van der Waals surface area contributed by atoms with Crippen molar-refractivity contribution in [2.24, 2.45) is 0 Å². The van der Waals surface area contributed by atoms with Gasteiger partial charge in [-0.15, -0.1) is 0 Å². The molecule has 0 aliphatic carbocycles. The van der Waals surface area contributed by atoms with E-state index in [0.29, 0.717) is 0 Å². The number of hydrogen-bond donors (Lipinski definition) is 0. The SMILES string of the molecule is C=C(/C(F)=C\C=C/C)C(F)(F)CBr. The zero-order chi connectivity index (χ0) is 10.5. The quantitative estimate of drug-likeness (QED) is 0.526. The van der Waals surface area contributed by atoms with E-state index in [0.717, 1.165) is 6.08 Å². The summed E-state index contributed by atoms with van der Waals surface area (Å²) < 4.78 is 38.4. The highest BCUT2D eigenvalue weighted by atomic mass is 79.9. The molecule has 0 aromatic heterocycles. The Kier molecular flexibility index (Phi) is 5.06. The highest BCUT2D eigenvalue weighted by Gasteiger charge is 2.33. The molecule has 0 N–H and O–H groups in total. The normalized spacial score (nSPS) is 13.8. The molecule has 0 saturated carbocycles. The van der Waals surface area contributed by atoms with Gasteiger partial charge in [-0.1, -0.05) is 34.7 Å². The van der Waals surface area contributed by atoms with Crippen LogP contribution in [0.25, 0.3) is 0 Å². The van der Waals surface area contributed by atoms with Crippen LogP contribution in [0.5, 0.6) is 0 Å². The molecular weight excluding hydrogens is 245 g/mol. The van der Waals surface area contributed by atoms with Crippen LogP contribution in [0.1, 0.15) is 6.92 Å². The molecule has 0 atom stereocenters. The highest BCUT2D eigenvalue weighted by molar-refractivity contribution is 9.09. The molecule has 0 spiro atoms. The molecule has 0 saturated heterocycles. The lowest BCUT2D eigenvalue weighted by atomic mass is 10.1. The average Bonchev–Trinajstić information content (AvgIpc) is 2.12. The van der Waals surface area contributed by atoms with Gasteiger partial charge >= 0.3 is 0 Å². The maximum atomic E-state index is 12.9. The summed E-state index contributed by atoms with van der Waals surface area (Å²) in [5.41, 5.74) is -0.803. The second-order valence-electron chi connectivity index (χ2n) is 2.36. The lowest BCUT2D eigenvalue weighted by Crippen LogP contribution is -2.20. The third kappa shape index (κ3) is 3.81. The number of hydrogen-bond acceptors (Lipinski definition) is 0. The van der Waals surface area contributed by atoms with Crippen molar-refractivity contribution in [2.75, 3.05) is 5.33 Å². The molecule has 0 heterocycles. The lowest BCUT2D eigenvalue weighted by molar-refractivity contribution is 0.0704. The van der Waals surface area contributed by atoms with E-state index in [2.05, 4.69) is 22.5 Å². The maximum Gasteiger partial charge on any atom is 0.284 e. The van der Waals surface area contributed by atoms with E-state index in [4.69, 9.17) is 0 Å². The molecule has 0 bridgehead atoms. The Morgan fingerprint density at radius 3 is 2.46 bits per heavy atom. The summed E-state index contributed by atoms with van der Waals surface area (Å²) in [6.45, 7) is 4.65. The van der Waals surface area contributed by atoms with Crippen molar-refractivity contribution in [3.05, 3.63) is 36.2 Å². The third-order valence-electron chi connectivity index (χ3n) is 1.33. The Balaban J connectivity index is 4.61. The molecule has 0 amide bonds. The molecule has 74 valence electrons. The Labute approximate surface area is 84.0 Å². The van der Waals surface area contributed by atoms with Crippen molar-refractivity contribution in [3.8, 4) is 0 Å². The van der Waals surface area contributed by atoms with E-state index in [1.54, 1.807) is 13.0 Å². The van der Waals surface area contributed by atoms with Gasteiger partial charge in [0.05, 0.1) is 10.9 Å². The van der Waals surface area contributed by atoms with E-state index in [1.165, 1.54) is 6.08 Å². The van der Waals surface area contributed by atoms with E-state index in [9.17, 15) is 13.2 Å². The molecule has 13 heavy (non-hydrogen) atoms. The van der Waals surface area contributed by atoms with Gasteiger partial charge in [-0.05, 0) is 13.0 Å². The molecular formula is C9H10BrF3. The van der Waals surface area contributed by atoms with Crippen molar-refractivity contribution in [1.29, 1.82) is 0 Å². The Morgan fingerprint density at radius 1 is 1.54 bits per heavy atom. The van der Waals surface area contributed by atoms with Crippen molar-refractivity contribution in [2.45, 2.75) is 12.8 Å². The zero-order valence-electron chi connectivity index (χ0n) is 7.16. The summed E-state index contributed by atoms with van der Waals surface area (Å²) >= 11 is 2.59.